The topological polar surface area (TPSA) is 45.7 Å². The molecule has 0 spiro atoms. The Morgan fingerprint density at radius 3 is 2.39 bits per heavy atom. The van der Waals surface area contributed by atoms with Gasteiger partial charge in [-0.25, -0.2) is 4.39 Å². The van der Waals surface area contributed by atoms with Gasteiger partial charge in [-0.05, 0) is 54.7 Å². The first kappa shape index (κ1) is 20.6. The second kappa shape index (κ2) is 9.89. The first-order valence-electron chi connectivity index (χ1n) is 9.64. The van der Waals surface area contributed by atoms with Gasteiger partial charge in [-0.15, -0.1) is 0 Å². The van der Waals surface area contributed by atoms with Crippen molar-refractivity contribution >= 4 is 17.6 Å². The highest BCUT2D eigenvalue weighted by atomic mass is 35.5. The van der Waals surface area contributed by atoms with Gasteiger partial charge < -0.3 is 15.4 Å². The summed E-state index contributed by atoms with van der Waals surface area (Å²) in [5.41, 5.74) is 2.28. The Morgan fingerprint density at radius 2 is 1.75 bits per heavy atom. The molecular formula is C22H27ClFN3O. The molecule has 28 heavy (non-hydrogen) atoms. The van der Waals surface area contributed by atoms with Crippen LogP contribution >= 0.6 is 11.6 Å². The lowest BCUT2D eigenvalue weighted by Crippen LogP contribution is -2.48. The lowest BCUT2D eigenvalue weighted by atomic mass is 9.74. The molecule has 0 radical (unpaired) electrons. The number of nitrogens with zero attached hydrogens (tertiary/aromatic N) is 1. The highest BCUT2D eigenvalue weighted by Crippen LogP contribution is 2.34. The summed E-state index contributed by atoms with van der Waals surface area (Å²) in [6.45, 7) is 2.92. The second-order valence-electron chi connectivity index (χ2n) is 7.13. The summed E-state index contributed by atoms with van der Waals surface area (Å²) in [6.07, 6.45) is 2.68. The molecule has 0 bridgehead atoms. The van der Waals surface area contributed by atoms with E-state index >= 15 is 0 Å². The number of aliphatic imine (C=N–C) groups is 1. The monoisotopic (exact) mass is 403 g/mol. The van der Waals surface area contributed by atoms with Crippen LogP contribution in [0.5, 0.6) is 0 Å². The van der Waals surface area contributed by atoms with Crippen LogP contribution in [0.3, 0.4) is 0 Å². The van der Waals surface area contributed by atoms with E-state index in [1.54, 1.807) is 7.05 Å². The molecule has 0 aromatic heterocycles. The maximum absolute atomic E-state index is 13.4. The van der Waals surface area contributed by atoms with Gasteiger partial charge in [-0.3, -0.25) is 4.99 Å². The van der Waals surface area contributed by atoms with E-state index in [4.69, 9.17) is 16.3 Å². The van der Waals surface area contributed by atoms with Crippen molar-refractivity contribution in [3.8, 4) is 0 Å². The summed E-state index contributed by atoms with van der Waals surface area (Å²) in [4.78, 5) is 4.34. The third kappa shape index (κ3) is 5.46. The standard InChI is InChI=1S/C22H27ClFN3O/c1-25-21(26-13-10-17-2-6-19(23)7-3-17)27-16-22(11-14-28-15-12-22)18-4-8-20(24)9-5-18/h2-9H,10-16H2,1H3,(H2,25,26,27). The molecule has 4 nitrogen and oxygen atoms in total. The van der Waals surface area contributed by atoms with Crippen LogP contribution in [0.1, 0.15) is 24.0 Å². The van der Waals surface area contributed by atoms with Gasteiger partial charge in [0, 0.05) is 43.8 Å². The van der Waals surface area contributed by atoms with Gasteiger partial charge >= 0.3 is 0 Å². The van der Waals surface area contributed by atoms with Crippen LogP contribution in [0, 0.1) is 5.82 Å². The Bertz CT molecular complexity index is 771. The Balaban J connectivity index is 1.58. The summed E-state index contributed by atoms with van der Waals surface area (Å²) in [5, 5.41) is 7.57. The number of nitrogens with one attached hydrogen (secondary N) is 2. The van der Waals surface area contributed by atoms with Crippen LogP contribution in [-0.4, -0.2) is 39.3 Å². The molecule has 1 saturated heterocycles. The van der Waals surface area contributed by atoms with Crippen molar-refractivity contribution in [2.24, 2.45) is 4.99 Å². The van der Waals surface area contributed by atoms with Crippen LogP contribution in [-0.2, 0) is 16.6 Å². The molecule has 6 heteroatoms. The van der Waals surface area contributed by atoms with E-state index in [0.29, 0.717) is 13.2 Å². The number of ether oxygens (including phenoxy) is 1. The first-order chi connectivity index (χ1) is 13.6. The summed E-state index contributed by atoms with van der Waals surface area (Å²) in [5.74, 6) is 0.556. The van der Waals surface area contributed by atoms with E-state index < -0.39 is 0 Å². The molecule has 2 N–H and O–H groups in total. The van der Waals surface area contributed by atoms with E-state index in [0.717, 1.165) is 48.9 Å². The van der Waals surface area contributed by atoms with Crippen LogP contribution < -0.4 is 10.6 Å². The van der Waals surface area contributed by atoms with E-state index in [1.807, 2.05) is 36.4 Å². The lowest BCUT2D eigenvalue weighted by molar-refractivity contribution is 0.0513. The molecule has 3 rings (SSSR count). The fourth-order valence-electron chi connectivity index (χ4n) is 3.58. The van der Waals surface area contributed by atoms with Gasteiger partial charge in [0.2, 0.25) is 0 Å². The molecule has 150 valence electrons. The largest absolute Gasteiger partial charge is 0.381 e. The molecule has 1 fully saturated rings. The molecule has 0 saturated carbocycles. The highest BCUT2D eigenvalue weighted by Gasteiger charge is 2.34. The van der Waals surface area contributed by atoms with E-state index in [-0.39, 0.29) is 11.2 Å². The van der Waals surface area contributed by atoms with Crippen molar-refractivity contribution in [2.75, 3.05) is 33.4 Å². The molecule has 1 aliphatic rings. The van der Waals surface area contributed by atoms with E-state index in [1.165, 1.54) is 17.7 Å². The molecule has 0 unspecified atom stereocenters. The van der Waals surface area contributed by atoms with Crippen molar-refractivity contribution in [3.05, 3.63) is 70.5 Å². The zero-order chi connectivity index (χ0) is 19.8. The fourth-order valence-corrected chi connectivity index (χ4v) is 3.71. The number of halogens is 2. The van der Waals surface area contributed by atoms with Crippen LogP contribution in [0.4, 0.5) is 4.39 Å². The predicted octanol–water partition coefficient (Wildman–Crippen LogP) is 3.94. The fraction of sp³-hybridized carbons (Fsp3) is 0.409. The van der Waals surface area contributed by atoms with Crippen LogP contribution in [0.25, 0.3) is 0 Å². The van der Waals surface area contributed by atoms with Gasteiger partial charge in [-0.2, -0.15) is 0 Å². The van der Waals surface area contributed by atoms with Gasteiger partial charge in [0.1, 0.15) is 5.82 Å². The number of guanidine groups is 1. The van der Waals surface area contributed by atoms with Crippen LogP contribution in [0.2, 0.25) is 5.02 Å². The van der Waals surface area contributed by atoms with Crippen molar-refractivity contribution in [3.63, 3.8) is 0 Å². The molecule has 0 amide bonds. The zero-order valence-corrected chi connectivity index (χ0v) is 16.9. The SMILES string of the molecule is CN=C(NCCc1ccc(Cl)cc1)NCC1(c2ccc(F)cc2)CCOCC1. The minimum absolute atomic E-state index is 0.0836. The first-order valence-corrected chi connectivity index (χ1v) is 10.0. The average molecular weight is 404 g/mol. The molecule has 0 aliphatic carbocycles. The zero-order valence-electron chi connectivity index (χ0n) is 16.2. The second-order valence-corrected chi connectivity index (χ2v) is 7.57. The quantitative estimate of drug-likeness (QED) is 0.567. The molecule has 1 heterocycles. The number of rotatable bonds is 6. The minimum atomic E-state index is -0.210. The average Bonchev–Trinajstić information content (AvgIpc) is 2.73. The van der Waals surface area contributed by atoms with Crippen molar-refractivity contribution in [1.82, 2.24) is 10.6 Å². The van der Waals surface area contributed by atoms with E-state index in [2.05, 4.69) is 15.6 Å². The third-order valence-corrected chi connectivity index (χ3v) is 5.60. The summed E-state index contributed by atoms with van der Waals surface area (Å²) in [7, 11) is 1.77. The van der Waals surface area contributed by atoms with Gasteiger partial charge in [0.25, 0.3) is 0 Å². The molecule has 2 aromatic carbocycles. The molecular weight excluding hydrogens is 377 g/mol. The highest BCUT2D eigenvalue weighted by molar-refractivity contribution is 6.30. The Hall–Kier alpha value is -2.11. The van der Waals surface area contributed by atoms with Crippen molar-refractivity contribution in [1.29, 1.82) is 0 Å². The lowest BCUT2D eigenvalue weighted by Gasteiger charge is -2.38. The Kier molecular flexibility index (Phi) is 7.29. The van der Waals surface area contributed by atoms with E-state index in [9.17, 15) is 4.39 Å². The minimum Gasteiger partial charge on any atom is -0.381 e. The van der Waals surface area contributed by atoms with Gasteiger partial charge in [0.05, 0.1) is 0 Å². The molecule has 0 atom stereocenters. The third-order valence-electron chi connectivity index (χ3n) is 5.34. The van der Waals surface area contributed by atoms with Gasteiger partial charge in [0.15, 0.2) is 5.96 Å². The predicted molar refractivity (Wildman–Crippen MR) is 113 cm³/mol. The molecule has 2 aromatic rings. The number of benzene rings is 2. The number of hydrogen-bond donors (Lipinski definition) is 2. The van der Waals surface area contributed by atoms with Gasteiger partial charge in [-0.1, -0.05) is 35.9 Å². The molecule has 1 aliphatic heterocycles. The maximum Gasteiger partial charge on any atom is 0.191 e. The smallest absolute Gasteiger partial charge is 0.191 e. The summed E-state index contributed by atoms with van der Waals surface area (Å²) >= 11 is 5.93. The van der Waals surface area contributed by atoms with Crippen molar-refractivity contribution < 1.29 is 9.13 Å². The maximum atomic E-state index is 13.4. The number of hydrogen-bond acceptors (Lipinski definition) is 2. The Morgan fingerprint density at radius 1 is 1.07 bits per heavy atom. The normalized spacial score (nSPS) is 16.6. The summed E-state index contributed by atoms with van der Waals surface area (Å²) in [6, 6.07) is 14.7. The van der Waals surface area contributed by atoms with Crippen molar-refractivity contribution in [2.45, 2.75) is 24.7 Å². The Labute approximate surface area is 171 Å². The summed E-state index contributed by atoms with van der Waals surface area (Å²) < 4.78 is 18.9. The van der Waals surface area contributed by atoms with Crippen LogP contribution in [0.15, 0.2) is 53.5 Å².